The van der Waals surface area contributed by atoms with Crippen molar-refractivity contribution in [3.05, 3.63) is 70.2 Å². The predicted octanol–water partition coefficient (Wildman–Crippen LogP) is 6.41. The van der Waals surface area contributed by atoms with Crippen LogP contribution in [0.15, 0.2) is 48.5 Å². The van der Waals surface area contributed by atoms with Gasteiger partial charge in [-0.2, -0.15) is 0 Å². The average molecular weight is 538 g/mol. The van der Waals surface area contributed by atoms with E-state index < -0.39 is 0 Å². The highest BCUT2D eigenvalue weighted by molar-refractivity contribution is 6.32. The second kappa shape index (κ2) is 12.7. The molecule has 0 atom stereocenters. The Kier molecular flexibility index (Phi) is 8.94. The lowest BCUT2D eigenvalue weighted by molar-refractivity contribution is 0.171. The maximum Gasteiger partial charge on any atom is 0.161 e. The molecular weight excluding hydrogens is 502 g/mol. The van der Waals surface area contributed by atoms with Crippen molar-refractivity contribution in [2.75, 3.05) is 39.5 Å². The van der Waals surface area contributed by atoms with E-state index in [0.29, 0.717) is 43.6 Å². The number of ether oxygens (including phenoxy) is 4. The maximum absolute atomic E-state index is 9.23. The fourth-order valence-corrected chi connectivity index (χ4v) is 5.31. The van der Waals surface area contributed by atoms with Gasteiger partial charge in [0.05, 0.1) is 11.6 Å². The molecule has 0 saturated carbocycles. The fraction of sp³-hybridized carbons (Fsp3) is 0.419. The molecule has 0 aromatic heterocycles. The number of hydrogen-bond acceptors (Lipinski definition) is 6. The second-order valence-electron chi connectivity index (χ2n) is 9.89. The summed E-state index contributed by atoms with van der Waals surface area (Å²) in [6.45, 7) is 7.14. The van der Waals surface area contributed by atoms with E-state index in [2.05, 4.69) is 30.0 Å². The van der Waals surface area contributed by atoms with Gasteiger partial charge in [-0.15, -0.1) is 0 Å². The largest absolute Gasteiger partial charge is 0.493 e. The van der Waals surface area contributed by atoms with Crippen molar-refractivity contribution in [2.45, 2.75) is 45.8 Å². The number of aliphatic hydroxyl groups excluding tert-OH is 1. The molecule has 2 aliphatic heterocycles. The second-order valence-corrected chi connectivity index (χ2v) is 10.3. The lowest BCUT2D eigenvalue weighted by Crippen LogP contribution is -2.29. The van der Waals surface area contributed by atoms with Crippen LogP contribution in [0, 0.1) is 6.92 Å². The molecule has 1 saturated heterocycles. The van der Waals surface area contributed by atoms with Crippen LogP contribution in [0.5, 0.6) is 23.0 Å². The zero-order valence-electron chi connectivity index (χ0n) is 22.0. The third-order valence-electron chi connectivity index (χ3n) is 7.20. The first-order valence-corrected chi connectivity index (χ1v) is 13.9. The van der Waals surface area contributed by atoms with Crippen LogP contribution in [0.3, 0.4) is 0 Å². The van der Waals surface area contributed by atoms with Crippen molar-refractivity contribution in [1.29, 1.82) is 0 Å². The minimum atomic E-state index is 0.0946. The number of piperidine rings is 1. The molecule has 0 unspecified atom stereocenters. The average Bonchev–Trinajstić information content (AvgIpc) is 2.94. The van der Waals surface area contributed by atoms with Gasteiger partial charge in [0.2, 0.25) is 0 Å². The Balaban J connectivity index is 1.34. The van der Waals surface area contributed by atoms with E-state index in [1.54, 1.807) is 0 Å². The number of likely N-dealkylation sites (tertiary alicyclic amines) is 1. The Bertz CT molecular complexity index is 1240. The highest BCUT2D eigenvalue weighted by Crippen LogP contribution is 2.37. The molecule has 1 N–H and O–H groups in total. The first-order valence-electron chi connectivity index (χ1n) is 13.5. The van der Waals surface area contributed by atoms with Gasteiger partial charge < -0.3 is 24.1 Å². The Labute approximate surface area is 230 Å². The molecule has 1 fully saturated rings. The molecule has 0 aliphatic carbocycles. The fourth-order valence-electron chi connectivity index (χ4n) is 5.07. The van der Waals surface area contributed by atoms with Crippen LogP contribution in [0.4, 0.5) is 0 Å². The van der Waals surface area contributed by atoms with Gasteiger partial charge in [0, 0.05) is 31.2 Å². The van der Waals surface area contributed by atoms with Crippen LogP contribution in [-0.2, 0) is 13.2 Å². The number of nitrogens with zero attached hydrogens (tertiary/aromatic N) is 1. The lowest BCUT2D eigenvalue weighted by Gasteiger charge is -2.27. The van der Waals surface area contributed by atoms with E-state index in [1.807, 2.05) is 30.3 Å². The van der Waals surface area contributed by atoms with Crippen molar-refractivity contribution in [1.82, 2.24) is 4.90 Å². The standard InChI is InChI=1S/C31H36ClNO5/c1-22-24(7-5-8-26(22)23-9-10-28-31(18-23)37-16-15-36-28)21-38-30-19-29(35-14-6-13-34)25(17-27(30)32)20-33-11-3-2-4-12-33/h5,7-10,17-19,34H,2-4,6,11-16,20-21H2,1H3. The monoisotopic (exact) mass is 537 g/mol. The third-order valence-corrected chi connectivity index (χ3v) is 7.50. The summed E-state index contributed by atoms with van der Waals surface area (Å²) in [4.78, 5) is 2.45. The Morgan fingerprint density at radius 3 is 2.53 bits per heavy atom. The SMILES string of the molecule is Cc1c(COc2cc(OCCCO)c(CN3CCCCC3)cc2Cl)cccc1-c1ccc2c(c1)OCCO2. The molecule has 5 rings (SSSR count). The highest BCUT2D eigenvalue weighted by Gasteiger charge is 2.18. The molecule has 202 valence electrons. The van der Waals surface area contributed by atoms with Gasteiger partial charge in [0.25, 0.3) is 0 Å². The number of aliphatic hydroxyl groups is 1. The normalized spacial score (nSPS) is 15.3. The Morgan fingerprint density at radius 1 is 0.895 bits per heavy atom. The van der Waals surface area contributed by atoms with Gasteiger partial charge in [-0.05, 0) is 73.3 Å². The topological polar surface area (TPSA) is 60.4 Å². The van der Waals surface area contributed by atoms with Crippen LogP contribution in [0.1, 0.15) is 42.4 Å². The zero-order chi connectivity index (χ0) is 26.3. The molecular formula is C31H36ClNO5. The molecule has 6 nitrogen and oxygen atoms in total. The zero-order valence-corrected chi connectivity index (χ0v) is 22.8. The molecule has 0 bridgehead atoms. The first-order chi connectivity index (χ1) is 18.6. The van der Waals surface area contributed by atoms with Gasteiger partial charge in [-0.25, -0.2) is 0 Å². The molecule has 38 heavy (non-hydrogen) atoms. The minimum Gasteiger partial charge on any atom is -0.493 e. The Morgan fingerprint density at radius 2 is 1.71 bits per heavy atom. The van der Waals surface area contributed by atoms with Crippen LogP contribution >= 0.6 is 11.6 Å². The minimum absolute atomic E-state index is 0.0946. The van der Waals surface area contributed by atoms with Gasteiger partial charge in [0.15, 0.2) is 11.5 Å². The number of halogens is 1. The van der Waals surface area contributed by atoms with Gasteiger partial charge in [-0.1, -0.05) is 42.3 Å². The quantitative estimate of drug-likeness (QED) is 0.301. The summed E-state index contributed by atoms with van der Waals surface area (Å²) in [5.41, 5.74) is 5.47. The van der Waals surface area contributed by atoms with Crippen molar-refractivity contribution in [3.8, 4) is 34.1 Å². The lowest BCUT2D eigenvalue weighted by atomic mass is 9.96. The van der Waals surface area contributed by atoms with Crippen molar-refractivity contribution < 1.29 is 24.1 Å². The summed E-state index contributed by atoms with van der Waals surface area (Å²) in [6.07, 6.45) is 4.31. The maximum atomic E-state index is 9.23. The number of rotatable bonds is 10. The van der Waals surface area contributed by atoms with E-state index in [-0.39, 0.29) is 6.61 Å². The van der Waals surface area contributed by atoms with E-state index in [0.717, 1.165) is 64.7 Å². The van der Waals surface area contributed by atoms with Crippen molar-refractivity contribution >= 4 is 11.6 Å². The van der Waals surface area contributed by atoms with Crippen molar-refractivity contribution in [3.63, 3.8) is 0 Å². The van der Waals surface area contributed by atoms with E-state index in [4.69, 9.17) is 30.5 Å². The number of fused-ring (bicyclic) bond motifs is 1. The molecule has 7 heteroatoms. The molecule has 0 amide bonds. The molecule has 2 heterocycles. The van der Waals surface area contributed by atoms with Crippen LogP contribution in [0.2, 0.25) is 5.02 Å². The van der Waals surface area contributed by atoms with E-state index >= 15 is 0 Å². The molecule has 3 aromatic rings. The third kappa shape index (κ3) is 6.37. The number of benzene rings is 3. The van der Waals surface area contributed by atoms with Gasteiger partial charge in [0.1, 0.15) is 31.3 Å². The highest BCUT2D eigenvalue weighted by atomic mass is 35.5. The van der Waals surface area contributed by atoms with Gasteiger partial charge >= 0.3 is 0 Å². The first kappa shape index (κ1) is 26.7. The van der Waals surface area contributed by atoms with E-state index in [1.165, 1.54) is 19.3 Å². The summed E-state index contributed by atoms with van der Waals surface area (Å²) >= 11 is 6.72. The van der Waals surface area contributed by atoms with E-state index in [9.17, 15) is 5.11 Å². The summed E-state index contributed by atoms with van der Waals surface area (Å²) in [6, 6.07) is 16.2. The number of hydrogen-bond donors (Lipinski definition) is 1. The van der Waals surface area contributed by atoms with Crippen molar-refractivity contribution in [2.24, 2.45) is 0 Å². The molecule has 0 radical (unpaired) electrons. The van der Waals surface area contributed by atoms with Crippen LogP contribution < -0.4 is 18.9 Å². The molecule has 2 aliphatic rings. The predicted molar refractivity (Wildman–Crippen MR) is 150 cm³/mol. The summed E-state index contributed by atoms with van der Waals surface area (Å²) in [7, 11) is 0. The Hall–Kier alpha value is -2.93. The smallest absolute Gasteiger partial charge is 0.161 e. The summed E-state index contributed by atoms with van der Waals surface area (Å²) < 4.78 is 23.8. The molecule has 3 aromatic carbocycles. The molecule has 0 spiro atoms. The van der Waals surface area contributed by atoms with Gasteiger partial charge in [-0.3, -0.25) is 4.90 Å². The van der Waals surface area contributed by atoms with Crippen LogP contribution in [-0.4, -0.2) is 49.5 Å². The summed E-state index contributed by atoms with van der Waals surface area (Å²) in [5, 5.41) is 9.80. The summed E-state index contributed by atoms with van der Waals surface area (Å²) in [5.74, 6) is 2.93. The van der Waals surface area contributed by atoms with Crippen LogP contribution in [0.25, 0.3) is 11.1 Å².